The molecule has 0 bridgehead atoms. The maximum atomic E-state index is 13.4. The second-order valence-electron chi connectivity index (χ2n) is 7.36. The Labute approximate surface area is 191 Å². The van der Waals surface area contributed by atoms with Crippen molar-refractivity contribution in [3.8, 4) is 0 Å². The molecule has 0 radical (unpaired) electrons. The summed E-state index contributed by atoms with van der Waals surface area (Å²) >= 11 is 6.17. The zero-order valence-electron chi connectivity index (χ0n) is 17.2. The van der Waals surface area contributed by atoms with Gasteiger partial charge in [0.05, 0.1) is 22.6 Å². The molecule has 1 saturated heterocycles. The maximum Gasteiger partial charge on any atom is 0.275 e. The Hall–Kier alpha value is -3.17. The van der Waals surface area contributed by atoms with Gasteiger partial charge in [-0.05, 0) is 49.6 Å². The van der Waals surface area contributed by atoms with Crippen LogP contribution in [0.2, 0.25) is 5.02 Å². The third-order valence-electron chi connectivity index (χ3n) is 5.12. The molecule has 2 aromatic carbocycles. The van der Waals surface area contributed by atoms with Crippen LogP contribution in [0.3, 0.4) is 0 Å². The van der Waals surface area contributed by atoms with Gasteiger partial charge in [0.2, 0.25) is 0 Å². The third kappa shape index (κ3) is 5.00. The average molecular weight is 472 g/mol. The number of nitrogens with one attached hydrogen (secondary N) is 2. The second kappa shape index (κ2) is 9.54. The van der Waals surface area contributed by atoms with Crippen LogP contribution in [0.4, 0.5) is 17.1 Å². The first-order valence-electron chi connectivity index (χ1n) is 10.2. The third-order valence-corrected chi connectivity index (χ3v) is 6.84. The van der Waals surface area contributed by atoms with Gasteiger partial charge >= 0.3 is 0 Å². The minimum atomic E-state index is -3.99. The molecular weight excluding hydrogens is 450 g/mol. The van der Waals surface area contributed by atoms with Crippen molar-refractivity contribution in [2.24, 2.45) is 0 Å². The van der Waals surface area contributed by atoms with Crippen molar-refractivity contribution in [1.82, 2.24) is 9.97 Å². The van der Waals surface area contributed by atoms with Gasteiger partial charge in [-0.25, -0.2) is 13.4 Å². The predicted octanol–water partition coefficient (Wildman–Crippen LogP) is 4.17. The van der Waals surface area contributed by atoms with E-state index in [1.54, 1.807) is 36.4 Å². The topological polar surface area (TPSA) is 104 Å². The Balaban J connectivity index is 1.70. The van der Waals surface area contributed by atoms with Crippen LogP contribution >= 0.6 is 11.6 Å². The fourth-order valence-electron chi connectivity index (χ4n) is 3.56. The van der Waals surface area contributed by atoms with Gasteiger partial charge in [-0.2, -0.15) is 0 Å². The van der Waals surface area contributed by atoms with Crippen LogP contribution in [0.25, 0.3) is 0 Å². The van der Waals surface area contributed by atoms with Crippen molar-refractivity contribution >= 4 is 44.6 Å². The monoisotopic (exact) mass is 471 g/mol. The van der Waals surface area contributed by atoms with E-state index in [1.807, 2.05) is 0 Å². The molecule has 1 aliphatic heterocycles. The van der Waals surface area contributed by atoms with Gasteiger partial charge in [0, 0.05) is 31.2 Å². The standard InChI is InChI=1S/C22H22ClN5O3S/c23-17-6-2-3-7-18(17)27-32(30,31)21-14-16(26-22(29)19-15-24-10-11-25-19)8-9-20(21)28-12-4-1-5-13-28/h2-3,6-11,14-15,27H,1,4-5,12-13H2,(H,26,29). The maximum absolute atomic E-state index is 13.4. The number of nitrogens with zero attached hydrogens (tertiary/aromatic N) is 3. The van der Waals surface area contributed by atoms with Crippen molar-refractivity contribution in [2.45, 2.75) is 24.2 Å². The number of hydrogen-bond acceptors (Lipinski definition) is 6. The molecule has 2 heterocycles. The highest BCUT2D eigenvalue weighted by atomic mass is 35.5. The lowest BCUT2D eigenvalue weighted by Gasteiger charge is -2.30. The highest BCUT2D eigenvalue weighted by Crippen LogP contribution is 2.33. The molecule has 0 aliphatic carbocycles. The van der Waals surface area contributed by atoms with E-state index in [0.717, 1.165) is 32.4 Å². The highest BCUT2D eigenvalue weighted by molar-refractivity contribution is 7.93. The first-order valence-corrected chi connectivity index (χ1v) is 12.0. The number of benzene rings is 2. The van der Waals surface area contributed by atoms with Crippen LogP contribution in [0.1, 0.15) is 29.8 Å². The average Bonchev–Trinajstić information content (AvgIpc) is 2.81. The summed E-state index contributed by atoms with van der Waals surface area (Å²) in [6, 6.07) is 11.5. The quantitative estimate of drug-likeness (QED) is 0.559. The largest absolute Gasteiger partial charge is 0.370 e. The van der Waals surface area contributed by atoms with Crippen LogP contribution in [0.5, 0.6) is 0 Å². The second-order valence-corrected chi connectivity index (χ2v) is 9.42. The van der Waals surface area contributed by atoms with E-state index in [0.29, 0.717) is 16.4 Å². The molecule has 4 rings (SSSR count). The summed E-state index contributed by atoms with van der Waals surface area (Å²) in [6.07, 6.45) is 7.31. The Bertz CT molecular complexity index is 1220. The molecule has 2 N–H and O–H groups in total. The van der Waals surface area contributed by atoms with Gasteiger partial charge in [-0.3, -0.25) is 14.5 Å². The molecule has 0 spiro atoms. The van der Waals surface area contributed by atoms with Crippen molar-refractivity contribution in [3.63, 3.8) is 0 Å². The summed E-state index contributed by atoms with van der Waals surface area (Å²) in [5.74, 6) is -0.480. The van der Waals surface area contributed by atoms with Crippen LogP contribution in [0.15, 0.2) is 66.0 Å². The minimum Gasteiger partial charge on any atom is -0.370 e. The van der Waals surface area contributed by atoms with Crippen molar-refractivity contribution in [2.75, 3.05) is 28.0 Å². The van der Waals surface area contributed by atoms with E-state index in [9.17, 15) is 13.2 Å². The molecule has 1 aliphatic rings. The summed E-state index contributed by atoms with van der Waals surface area (Å²) in [5.41, 5.74) is 1.33. The smallest absolute Gasteiger partial charge is 0.275 e. The lowest BCUT2D eigenvalue weighted by Crippen LogP contribution is -2.31. The molecular formula is C22H22ClN5O3S. The molecule has 10 heteroatoms. The van der Waals surface area contributed by atoms with Gasteiger partial charge in [0.25, 0.3) is 15.9 Å². The van der Waals surface area contributed by atoms with E-state index < -0.39 is 15.9 Å². The van der Waals surface area contributed by atoms with Gasteiger partial charge in [-0.1, -0.05) is 23.7 Å². The number of hydrogen-bond donors (Lipinski definition) is 2. The Morgan fingerprint density at radius 2 is 1.81 bits per heavy atom. The zero-order chi connectivity index (χ0) is 22.6. The number of para-hydroxylation sites is 1. The summed E-state index contributed by atoms with van der Waals surface area (Å²) < 4.78 is 29.4. The number of sulfonamides is 1. The van der Waals surface area contributed by atoms with Gasteiger partial charge in [0.1, 0.15) is 10.6 Å². The van der Waals surface area contributed by atoms with E-state index in [-0.39, 0.29) is 16.3 Å². The number of carbonyl (C=O) groups excluding carboxylic acids is 1. The Kier molecular flexibility index (Phi) is 6.57. The minimum absolute atomic E-state index is 0.0660. The van der Waals surface area contributed by atoms with Gasteiger partial charge in [0.15, 0.2) is 0 Å². The first-order chi connectivity index (χ1) is 15.4. The molecule has 3 aromatic rings. The SMILES string of the molecule is O=C(Nc1ccc(N2CCCCC2)c(S(=O)(=O)Nc2ccccc2Cl)c1)c1cnccn1. The van der Waals surface area contributed by atoms with Crippen molar-refractivity contribution in [1.29, 1.82) is 0 Å². The highest BCUT2D eigenvalue weighted by Gasteiger charge is 2.25. The van der Waals surface area contributed by atoms with Crippen LogP contribution in [-0.4, -0.2) is 37.4 Å². The van der Waals surface area contributed by atoms with E-state index in [1.165, 1.54) is 24.7 Å². The van der Waals surface area contributed by atoms with Gasteiger partial charge in [-0.15, -0.1) is 0 Å². The molecule has 0 unspecified atom stereocenters. The number of rotatable bonds is 6. The number of aromatic nitrogens is 2. The number of anilines is 3. The molecule has 0 saturated carbocycles. The number of piperidine rings is 1. The van der Waals surface area contributed by atoms with E-state index in [2.05, 4.69) is 24.9 Å². The van der Waals surface area contributed by atoms with Crippen LogP contribution in [0, 0.1) is 0 Å². The molecule has 1 aromatic heterocycles. The Morgan fingerprint density at radius 3 is 2.53 bits per heavy atom. The lowest BCUT2D eigenvalue weighted by molar-refractivity contribution is 0.102. The predicted molar refractivity (Wildman–Crippen MR) is 125 cm³/mol. The fraction of sp³-hybridized carbons (Fsp3) is 0.227. The first kappa shape index (κ1) is 22.0. The normalized spacial score (nSPS) is 14.1. The Morgan fingerprint density at radius 1 is 1.03 bits per heavy atom. The van der Waals surface area contributed by atoms with Crippen molar-refractivity contribution in [3.05, 3.63) is 71.8 Å². The van der Waals surface area contributed by atoms with Crippen LogP contribution in [-0.2, 0) is 10.0 Å². The summed E-state index contributed by atoms with van der Waals surface area (Å²) in [5, 5.41) is 2.99. The number of carbonyl (C=O) groups is 1. The number of amides is 1. The number of halogens is 1. The lowest BCUT2D eigenvalue weighted by atomic mass is 10.1. The summed E-state index contributed by atoms with van der Waals surface area (Å²) in [7, 11) is -3.99. The molecule has 0 atom stereocenters. The zero-order valence-corrected chi connectivity index (χ0v) is 18.7. The molecule has 1 amide bonds. The molecule has 1 fully saturated rings. The van der Waals surface area contributed by atoms with E-state index in [4.69, 9.17) is 11.6 Å². The molecule has 166 valence electrons. The summed E-state index contributed by atoms with van der Waals surface area (Å²) in [6.45, 7) is 1.53. The summed E-state index contributed by atoms with van der Waals surface area (Å²) in [4.78, 5) is 22.5. The fourth-order valence-corrected chi connectivity index (χ4v) is 5.13. The van der Waals surface area contributed by atoms with Gasteiger partial charge < -0.3 is 10.2 Å². The van der Waals surface area contributed by atoms with Crippen LogP contribution < -0.4 is 14.9 Å². The molecule has 8 nitrogen and oxygen atoms in total. The molecule has 32 heavy (non-hydrogen) atoms. The van der Waals surface area contributed by atoms with Crippen molar-refractivity contribution < 1.29 is 13.2 Å². The van der Waals surface area contributed by atoms with E-state index >= 15 is 0 Å².